The fourth-order valence-electron chi connectivity index (χ4n) is 1.12. The Labute approximate surface area is 63.9 Å². The first-order valence-electron chi connectivity index (χ1n) is 3.35. The first-order chi connectivity index (χ1) is 5.04. The molecule has 3 N–H and O–H groups in total. The quantitative estimate of drug-likeness (QED) is 0.380. The molecule has 1 aliphatic rings. The molecule has 1 aliphatic heterocycles. The van der Waals surface area contributed by atoms with E-state index in [1.165, 1.54) is 6.92 Å². The Morgan fingerprint density at radius 3 is 2.18 bits per heavy atom. The van der Waals surface area contributed by atoms with Crippen molar-refractivity contribution in [3.63, 3.8) is 0 Å². The number of likely N-dealkylation sites (tertiary alicyclic amines) is 1. The Morgan fingerprint density at radius 1 is 1.45 bits per heavy atom. The molecule has 0 aromatic carbocycles. The van der Waals surface area contributed by atoms with Crippen molar-refractivity contribution in [1.29, 1.82) is 0 Å². The van der Waals surface area contributed by atoms with Gasteiger partial charge in [-0.25, -0.2) is 0 Å². The van der Waals surface area contributed by atoms with Gasteiger partial charge in [-0.15, -0.1) is 0 Å². The van der Waals surface area contributed by atoms with Gasteiger partial charge in [0.25, 0.3) is 0 Å². The van der Waals surface area contributed by atoms with E-state index in [2.05, 4.69) is 0 Å². The molecule has 1 fully saturated rings. The summed E-state index contributed by atoms with van der Waals surface area (Å²) in [6.07, 6.45) is -3.53. The van der Waals surface area contributed by atoms with Crippen LogP contribution >= 0.6 is 0 Å². The van der Waals surface area contributed by atoms with Crippen LogP contribution in [0.15, 0.2) is 0 Å². The lowest BCUT2D eigenvalue weighted by molar-refractivity contribution is -0.139. The molecule has 0 aromatic heterocycles. The summed E-state index contributed by atoms with van der Waals surface area (Å²) >= 11 is 0. The summed E-state index contributed by atoms with van der Waals surface area (Å²) in [5, 5.41) is 27.1. The van der Waals surface area contributed by atoms with E-state index in [1.807, 2.05) is 0 Å². The van der Waals surface area contributed by atoms with Crippen molar-refractivity contribution in [3.8, 4) is 0 Å². The smallest absolute Gasteiger partial charge is 0.221 e. The van der Waals surface area contributed by atoms with E-state index in [0.29, 0.717) is 0 Å². The molecule has 3 unspecified atom stereocenters. The molecule has 0 saturated carbocycles. The third-order valence-corrected chi connectivity index (χ3v) is 1.81. The first kappa shape index (κ1) is 8.45. The highest BCUT2D eigenvalue weighted by molar-refractivity contribution is 5.73. The van der Waals surface area contributed by atoms with Crippen molar-refractivity contribution in [2.75, 3.05) is 6.54 Å². The molecule has 0 spiro atoms. The van der Waals surface area contributed by atoms with Crippen LogP contribution in [0.4, 0.5) is 0 Å². The van der Waals surface area contributed by atoms with Crippen LogP contribution in [0.5, 0.6) is 0 Å². The number of hydrogen-bond acceptors (Lipinski definition) is 4. The molecule has 0 bridgehead atoms. The average Bonchev–Trinajstić information content (AvgIpc) is 2.17. The van der Waals surface area contributed by atoms with Crippen molar-refractivity contribution >= 4 is 5.91 Å². The number of hydrogen-bond donors (Lipinski definition) is 3. The SMILES string of the molecule is CC(=O)N1CC(O)C(O)C1O. The van der Waals surface area contributed by atoms with Crippen molar-refractivity contribution in [2.45, 2.75) is 25.4 Å². The third kappa shape index (κ3) is 1.35. The third-order valence-electron chi connectivity index (χ3n) is 1.81. The van der Waals surface area contributed by atoms with Gasteiger partial charge in [-0.05, 0) is 0 Å². The molecule has 1 saturated heterocycles. The van der Waals surface area contributed by atoms with E-state index >= 15 is 0 Å². The Kier molecular flexibility index (Phi) is 2.12. The highest BCUT2D eigenvalue weighted by Crippen LogP contribution is 2.15. The molecular weight excluding hydrogens is 150 g/mol. The number of aliphatic hydroxyl groups is 3. The van der Waals surface area contributed by atoms with Crippen LogP contribution < -0.4 is 0 Å². The summed E-state index contributed by atoms with van der Waals surface area (Å²) in [6, 6.07) is 0. The molecule has 5 nitrogen and oxygen atoms in total. The fourth-order valence-corrected chi connectivity index (χ4v) is 1.12. The number of carbonyl (C=O) groups excluding carboxylic acids is 1. The van der Waals surface area contributed by atoms with Crippen LogP contribution in [0.25, 0.3) is 0 Å². The molecule has 0 aromatic rings. The van der Waals surface area contributed by atoms with Crippen LogP contribution in [0.3, 0.4) is 0 Å². The second-order valence-electron chi connectivity index (χ2n) is 2.64. The van der Waals surface area contributed by atoms with Crippen molar-refractivity contribution in [3.05, 3.63) is 0 Å². The zero-order chi connectivity index (χ0) is 8.59. The van der Waals surface area contributed by atoms with Crippen molar-refractivity contribution in [1.82, 2.24) is 4.90 Å². The molecule has 3 atom stereocenters. The van der Waals surface area contributed by atoms with Crippen molar-refractivity contribution < 1.29 is 20.1 Å². The Hall–Kier alpha value is -0.650. The number of rotatable bonds is 0. The molecule has 0 aliphatic carbocycles. The molecule has 64 valence electrons. The number of carbonyl (C=O) groups is 1. The lowest BCUT2D eigenvalue weighted by Gasteiger charge is -2.18. The second kappa shape index (κ2) is 2.77. The Morgan fingerprint density at radius 2 is 2.00 bits per heavy atom. The molecule has 5 heteroatoms. The van der Waals surface area contributed by atoms with E-state index in [0.717, 1.165) is 4.90 Å². The fraction of sp³-hybridized carbons (Fsp3) is 0.833. The van der Waals surface area contributed by atoms with Crippen molar-refractivity contribution in [2.24, 2.45) is 0 Å². The summed E-state index contributed by atoms with van der Waals surface area (Å²) in [6.45, 7) is 1.27. The van der Waals surface area contributed by atoms with Crippen LogP contribution in [0.2, 0.25) is 0 Å². The average molecular weight is 161 g/mol. The minimum atomic E-state index is -1.26. The monoisotopic (exact) mass is 161 g/mol. The summed E-state index contributed by atoms with van der Waals surface area (Å²) < 4.78 is 0. The van der Waals surface area contributed by atoms with Gasteiger partial charge in [-0.1, -0.05) is 0 Å². The van der Waals surface area contributed by atoms with Gasteiger partial charge in [0.05, 0.1) is 6.54 Å². The summed E-state index contributed by atoms with van der Waals surface area (Å²) in [7, 11) is 0. The van der Waals surface area contributed by atoms with Crippen LogP contribution in [0.1, 0.15) is 6.92 Å². The predicted octanol–water partition coefficient (Wildman–Crippen LogP) is -2.11. The number of aliphatic hydroxyl groups excluding tert-OH is 3. The highest BCUT2D eigenvalue weighted by Gasteiger charge is 2.39. The van der Waals surface area contributed by atoms with Gasteiger partial charge in [0.2, 0.25) is 5.91 Å². The minimum absolute atomic E-state index is 0.00231. The zero-order valence-corrected chi connectivity index (χ0v) is 6.14. The lowest BCUT2D eigenvalue weighted by Crippen LogP contribution is -2.38. The van der Waals surface area contributed by atoms with Crippen LogP contribution in [0, 0.1) is 0 Å². The normalized spacial score (nSPS) is 37.8. The maximum absolute atomic E-state index is 10.7. The van der Waals surface area contributed by atoms with Gasteiger partial charge < -0.3 is 20.2 Å². The highest BCUT2D eigenvalue weighted by atomic mass is 16.4. The molecule has 11 heavy (non-hydrogen) atoms. The minimum Gasteiger partial charge on any atom is -0.388 e. The summed E-state index contributed by atoms with van der Waals surface area (Å²) in [5.41, 5.74) is 0. The van der Waals surface area contributed by atoms with Gasteiger partial charge in [0, 0.05) is 6.92 Å². The summed E-state index contributed by atoms with van der Waals surface area (Å²) in [4.78, 5) is 11.7. The standard InChI is InChI=1S/C6H11NO4/c1-3(8)7-2-4(9)5(10)6(7)11/h4-6,9-11H,2H2,1H3. The van der Waals surface area contributed by atoms with E-state index in [4.69, 9.17) is 15.3 Å². The lowest BCUT2D eigenvalue weighted by atomic mass is 10.2. The summed E-state index contributed by atoms with van der Waals surface area (Å²) in [5.74, 6) is -0.354. The predicted molar refractivity (Wildman–Crippen MR) is 35.4 cm³/mol. The van der Waals surface area contributed by atoms with Gasteiger partial charge in [0.15, 0.2) is 6.23 Å². The van der Waals surface area contributed by atoms with Gasteiger partial charge in [0.1, 0.15) is 12.2 Å². The van der Waals surface area contributed by atoms with Crippen LogP contribution in [-0.4, -0.2) is 51.1 Å². The second-order valence-corrected chi connectivity index (χ2v) is 2.64. The van der Waals surface area contributed by atoms with Gasteiger partial charge >= 0.3 is 0 Å². The topological polar surface area (TPSA) is 81.0 Å². The number of nitrogens with zero attached hydrogens (tertiary/aromatic N) is 1. The van der Waals surface area contributed by atoms with Crippen LogP contribution in [-0.2, 0) is 4.79 Å². The molecular formula is C6H11NO4. The van der Waals surface area contributed by atoms with E-state index in [9.17, 15) is 4.79 Å². The van der Waals surface area contributed by atoms with E-state index < -0.39 is 18.4 Å². The first-order valence-corrected chi connectivity index (χ1v) is 3.35. The molecule has 0 radical (unpaired) electrons. The van der Waals surface area contributed by atoms with E-state index in [1.54, 1.807) is 0 Å². The van der Waals surface area contributed by atoms with Gasteiger partial charge in [-0.3, -0.25) is 4.79 Å². The van der Waals surface area contributed by atoms with Gasteiger partial charge in [-0.2, -0.15) is 0 Å². The number of β-amino-alcohol motifs (C(OH)–C–C–N with tert-alkyl or cyclic N) is 1. The maximum atomic E-state index is 10.7. The maximum Gasteiger partial charge on any atom is 0.221 e. The Balaban J connectivity index is 2.67. The Bertz CT molecular complexity index is 172. The molecule has 1 heterocycles. The number of amides is 1. The largest absolute Gasteiger partial charge is 0.388 e. The van der Waals surface area contributed by atoms with E-state index in [-0.39, 0.29) is 12.5 Å². The molecule has 1 rings (SSSR count). The molecule has 1 amide bonds. The zero-order valence-electron chi connectivity index (χ0n) is 6.14.